The minimum atomic E-state index is -4.65. The summed E-state index contributed by atoms with van der Waals surface area (Å²) in [7, 11) is -4.65. The zero-order valence-electron chi connectivity index (χ0n) is 13.3. The standard InChI is InChI=1S/C13H19N6O5P/c1-8-13(20)11(9(3-16-8)6-24-25(21,22)23)5-17-12(19-14)2-10-4-15-7-18-10/h3-5,7,16,20H,2,6,14H2,1H3,(H,15,18)(H,17,19)(H2,21,22,23)/b11-5-. The largest absolute Gasteiger partial charge is 0.505 e. The number of aromatic amines is 1. The lowest BCUT2D eigenvalue weighted by Gasteiger charge is -2.19. The molecule has 8 N–H and O–H groups in total. The molecule has 12 heteroatoms. The number of nitrogens with one attached hydrogen (secondary N) is 3. The molecule has 0 aliphatic carbocycles. The van der Waals surface area contributed by atoms with Crippen molar-refractivity contribution in [3.8, 4) is 0 Å². The van der Waals surface area contributed by atoms with Crippen molar-refractivity contribution < 1.29 is 24.0 Å². The monoisotopic (exact) mass is 370 g/mol. The molecule has 0 saturated heterocycles. The van der Waals surface area contributed by atoms with E-state index in [0.717, 1.165) is 5.69 Å². The maximum atomic E-state index is 10.9. The molecule has 0 aromatic carbocycles. The van der Waals surface area contributed by atoms with Crippen molar-refractivity contribution in [1.82, 2.24) is 20.7 Å². The number of aromatic nitrogens is 2. The molecular weight excluding hydrogens is 351 g/mol. The zero-order chi connectivity index (χ0) is 18.4. The number of nitrogens with two attached hydrogens (primary N) is 1. The normalized spacial score (nSPS) is 17.5. The lowest BCUT2D eigenvalue weighted by atomic mass is 10.0. The number of aliphatic imine (C=N–C) groups is 1. The van der Waals surface area contributed by atoms with Gasteiger partial charge in [-0.15, -0.1) is 0 Å². The summed E-state index contributed by atoms with van der Waals surface area (Å²) >= 11 is 0. The lowest BCUT2D eigenvalue weighted by molar-refractivity contribution is 0.211. The van der Waals surface area contributed by atoms with Crippen molar-refractivity contribution >= 4 is 13.7 Å². The van der Waals surface area contributed by atoms with Crippen LogP contribution in [0.5, 0.6) is 0 Å². The summed E-state index contributed by atoms with van der Waals surface area (Å²) < 4.78 is 15.4. The second-order valence-corrected chi connectivity index (χ2v) is 6.31. The Bertz CT molecular complexity index is 777. The highest BCUT2D eigenvalue weighted by molar-refractivity contribution is 7.46. The fourth-order valence-corrected chi connectivity index (χ4v) is 2.26. The van der Waals surface area contributed by atoms with Crippen molar-refractivity contribution in [2.45, 2.75) is 13.3 Å². The van der Waals surface area contributed by atoms with Gasteiger partial charge in [0.1, 0.15) is 11.6 Å². The summed E-state index contributed by atoms with van der Waals surface area (Å²) in [5, 5.41) is 13.0. The van der Waals surface area contributed by atoms with E-state index in [2.05, 4.69) is 30.2 Å². The molecule has 0 radical (unpaired) electrons. The van der Waals surface area contributed by atoms with Crippen molar-refractivity contribution in [2.75, 3.05) is 6.61 Å². The molecule has 11 nitrogen and oxygen atoms in total. The van der Waals surface area contributed by atoms with Gasteiger partial charge in [0.05, 0.1) is 18.6 Å². The van der Waals surface area contributed by atoms with Crippen LogP contribution < -0.4 is 16.6 Å². The maximum Gasteiger partial charge on any atom is 0.469 e. The number of hydrazine groups is 1. The van der Waals surface area contributed by atoms with E-state index < -0.39 is 14.4 Å². The van der Waals surface area contributed by atoms with Crippen LogP contribution >= 0.6 is 7.82 Å². The molecule has 0 saturated carbocycles. The third-order valence-electron chi connectivity index (χ3n) is 3.24. The Labute approximate surface area is 143 Å². The number of hydrogen-bond donors (Lipinski definition) is 7. The fraction of sp³-hybridized carbons (Fsp3) is 0.231. The summed E-state index contributed by atoms with van der Waals surface area (Å²) in [5.74, 6) is 5.71. The first kappa shape index (κ1) is 18.9. The molecule has 0 unspecified atom stereocenters. The first-order valence-electron chi connectivity index (χ1n) is 7.07. The SMILES string of the molecule is CC1=C(O)/C(=C\N=C(Cc2cnc[nH]2)NN)C(COP(=O)(O)O)=CN1. The first-order valence-corrected chi connectivity index (χ1v) is 8.60. The maximum absolute atomic E-state index is 10.9. The van der Waals surface area contributed by atoms with Crippen LogP contribution in [-0.4, -0.2) is 37.3 Å². The number of amidine groups is 1. The Morgan fingerprint density at radius 2 is 2.32 bits per heavy atom. The number of rotatable bonds is 6. The van der Waals surface area contributed by atoms with Gasteiger partial charge in [-0.25, -0.2) is 20.4 Å². The van der Waals surface area contributed by atoms with Gasteiger partial charge in [-0.05, 0) is 6.92 Å². The molecular formula is C13H19N6O5P. The highest BCUT2D eigenvalue weighted by Gasteiger charge is 2.21. The summed E-state index contributed by atoms with van der Waals surface area (Å²) in [5.41, 5.74) is 4.24. The number of allylic oxidation sites excluding steroid dienone is 2. The second kappa shape index (κ2) is 8.10. The molecule has 0 fully saturated rings. The number of imidazole rings is 1. The highest BCUT2D eigenvalue weighted by atomic mass is 31.2. The molecule has 136 valence electrons. The van der Waals surface area contributed by atoms with Crippen molar-refractivity contribution in [3.05, 3.63) is 53.2 Å². The van der Waals surface area contributed by atoms with E-state index in [1.165, 1.54) is 18.7 Å². The van der Waals surface area contributed by atoms with Gasteiger partial charge in [0.2, 0.25) is 0 Å². The number of phosphoric ester groups is 1. The summed E-state index contributed by atoms with van der Waals surface area (Å²) in [4.78, 5) is 28.6. The third-order valence-corrected chi connectivity index (χ3v) is 3.70. The molecule has 1 aromatic heterocycles. The smallest absolute Gasteiger partial charge is 0.469 e. The van der Waals surface area contributed by atoms with Crippen LogP contribution in [0.2, 0.25) is 0 Å². The van der Waals surface area contributed by atoms with E-state index in [4.69, 9.17) is 15.6 Å². The van der Waals surface area contributed by atoms with Gasteiger partial charge in [-0.2, -0.15) is 0 Å². The number of dihydropyridines is 1. The van der Waals surface area contributed by atoms with Crippen LogP contribution in [0.25, 0.3) is 0 Å². The van der Waals surface area contributed by atoms with Crippen molar-refractivity contribution in [2.24, 2.45) is 10.8 Å². The van der Waals surface area contributed by atoms with Crippen LogP contribution in [0.15, 0.2) is 52.5 Å². The number of phosphoric acid groups is 1. The molecule has 2 rings (SSSR count). The third kappa shape index (κ3) is 5.55. The van der Waals surface area contributed by atoms with Gasteiger partial charge in [0, 0.05) is 41.9 Å². The summed E-state index contributed by atoms with van der Waals surface area (Å²) in [6.45, 7) is 1.22. The van der Waals surface area contributed by atoms with Gasteiger partial charge in [-0.3, -0.25) is 4.52 Å². The Hall–Kier alpha value is -2.43. The van der Waals surface area contributed by atoms with E-state index in [9.17, 15) is 9.67 Å². The molecule has 0 amide bonds. The van der Waals surface area contributed by atoms with E-state index in [-0.39, 0.29) is 11.3 Å². The van der Waals surface area contributed by atoms with Crippen LogP contribution in [0.4, 0.5) is 0 Å². The molecule has 0 spiro atoms. The Morgan fingerprint density at radius 1 is 1.56 bits per heavy atom. The van der Waals surface area contributed by atoms with Crippen molar-refractivity contribution in [3.63, 3.8) is 0 Å². The van der Waals surface area contributed by atoms with E-state index >= 15 is 0 Å². The predicted molar refractivity (Wildman–Crippen MR) is 89.7 cm³/mol. The molecule has 25 heavy (non-hydrogen) atoms. The average Bonchev–Trinajstić information content (AvgIpc) is 3.06. The number of nitrogens with zero attached hydrogens (tertiary/aromatic N) is 2. The van der Waals surface area contributed by atoms with Crippen LogP contribution in [0.3, 0.4) is 0 Å². The van der Waals surface area contributed by atoms with Gasteiger partial charge in [-0.1, -0.05) is 0 Å². The molecule has 1 aliphatic heterocycles. The lowest BCUT2D eigenvalue weighted by Crippen LogP contribution is -2.31. The highest BCUT2D eigenvalue weighted by Crippen LogP contribution is 2.37. The first-order chi connectivity index (χ1) is 11.8. The average molecular weight is 370 g/mol. The van der Waals surface area contributed by atoms with E-state index in [0.29, 0.717) is 23.5 Å². The van der Waals surface area contributed by atoms with Gasteiger partial charge in [0.25, 0.3) is 0 Å². The van der Waals surface area contributed by atoms with Gasteiger partial charge < -0.3 is 30.6 Å². The van der Waals surface area contributed by atoms with Crippen LogP contribution in [-0.2, 0) is 15.5 Å². The van der Waals surface area contributed by atoms with E-state index in [1.54, 1.807) is 13.1 Å². The second-order valence-electron chi connectivity index (χ2n) is 5.07. The molecule has 0 bridgehead atoms. The van der Waals surface area contributed by atoms with Gasteiger partial charge >= 0.3 is 7.82 Å². The Morgan fingerprint density at radius 3 is 2.92 bits per heavy atom. The zero-order valence-corrected chi connectivity index (χ0v) is 14.2. The number of hydrogen-bond acceptors (Lipinski definition) is 7. The molecule has 2 heterocycles. The Kier molecular flexibility index (Phi) is 6.12. The van der Waals surface area contributed by atoms with Crippen LogP contribution in [0.1, 0.15) is 12.6 Å². The van der Waals surface area contributed by atoms with Gasteiger partial charge in [0.15, 0.2) is 0 Å². The van der Waals surface area contributed by atoms with Crippen LogP contribution in [0, 0.1) is 0 Å². The minimum Gasteiger partial charge on any atom is -0.505 e. The molecule has 0 atom stereocenters. The number of H-pyrrole nitrogens is 1. The summed E-state index contributed by atoms with van der Waals surface area (Å²) in [6.07, 6.45) is 6.29. The predicted octanol–water partition coefficient (Wildman–Crippen LogP) is 0.0838. The Balaban J connectivity index is 2.24. The summed E-state index contributed by atoms with van der Waals surface area (Å²) in [6, 6.07) is 0. The van der Waals surface area contributed by atoms with E-state index in [1.807, 2.05) is 0 Å². The molecule has 1 aliphatic rings. The quantitative estimate of drug-likeness (QED) is 0.120. The number of aliphatic hydroxyl groups excluding tert-OH is 1. The number of aliphatic hydroxyl groups is 1. The molecule has 1 aromatic rings. The minimum absolute atomic E-state index is 0.117. The fourth-order valence-electron chi connectivity index (χ4n) is 1.95. The van der Waals surface area contributed by atoms with Crippen molar-refractivity contribution in [1.29, 1.82) is 0 Å². The topological polar surface area (TPSA) is 178 Å².